The summed E-state index contributed by atoms with van der Waals surface area (Å²) in [7, 11) is 0. The Morgan fingerprint density at radius 3 is 2.66 bits per heavy atom. The summed E-state index contributed by atoms with van der Waals surface area (Å²) >= 11 is 0. The van der Waals surface area contributed by atoms with Crippen LogP contribution in [0, 0.1) is 5.92 Å². The van der Waals surface area contributed by atoms with E-state index in [4.69, 9.17) is 10.5 Å². The van der Waals surface area contributed by atoms with Gasteiger partial charge in [0.25, 0.3) is 0 Å². The molecular weight excluding hydrogens is 360 g/mol. The molecule has 2 aliphatic heterocycles. The maximum absolute atomic E-state index is 6.29. The first kappa shape index (κ1) is 19.1. The van der Waals surface area contributed by atoms with Crippen LogP contribution in [0.25, 0.3) is 5.70 Å². The number of nitrogens with zero attached hydrogens (tertiary/aromatic N) is 2. The second-order valence-electron chi connectivity index (χ2n) is 7.41. The zero-order valence-corrected chi connectivity index (χ0v) is 17.0. The van der Waals surface area contributed by atoms with Crippen molar-refractivity contribution in [2.45, 2.75) is 39.5 Å². The second kappa shape index (κ2) is 8.43. The highest BCUT2D eigenvalue weighted by Crippen LogP contribution is 2.35. The molecule has 0 saturated heterocycles. The standard InChI is InChI=1S/C24H28N4O/c1-3-18(4-2)24-27-21(22-23(25)26-13-14-28(22)24)19-11-8-12-20(15-19)29-16-17-9-6-5-7-10-17/h5-15,18,24,27H,3-4,16H2,1-2H3,(H2,25,26). The van der Waals surface area contributed by atoms with Crippen molar-refractivity contribution in [3.05, 3.63) is 83.8 Å². The monoisotopic (exact) mass is 388 g/mol. The third-order valence-corrected chi connectivity index (χ3v) is 5.64. The van der Waals surface area contributed by atoms with Gasteiger partial charge in [0.15, 0.2) is 0 Å². The summed E-state index contributed by atoms with van der Waals surface area (Å²) in [4.78, 5) is 6.56. The minimum atomic E-state index is 0.175. The van der Waals surface area contributed by atoms with Crippen LogP contribution >= 0.6 is 0 Å². The molecule has 2 aromatic rings. The van der Waals surface area contributed by atoms with Gasteiger partial charge in [-0.2, -0.15) is 0 Å². The molecule has 0 saturated carbocycles. The summed E-state index contributed by atoms with van der Waals surface area (Å²) in [5.41, 5.74) is 10.5. The first-order valence-corrected chi connectivity index (χ1v) is 10.3. The van der Waals surface area contributed by atoms with Gasteiger partial charge >= 0.3 is 0 Å². The SMILES string of the molecule is CCC(CC)C1NC(c2cccc(OCc3ccccc3)c2)=C2C(N)=NC=CN21. The smallest absolute Gasteiger partial charge is 0.149 e. The van der Waals surface area contributed by atoms with Crippen LogP contribution < -0.4 is 15.8 Å². The van der Waals surface area contributed by atoms with Gasteiger partial charge in [-0.1, -0.05) is 56.3 Å². The van der Waals surface area contributed by atoms with Gasteiger partial charge in [0.05, 0.1) is 5.70 Å². The van der Waals surface area contributed by atoms with Crippen molar-refractivity contribution in [2.24, 2.45) is 16.6 Å². The van der Waals surface area contributed by atoms with E-state index in [-0.39, 0.29) is 6.17 Å². The highest BCUT2D eigenvalue weighted by Gasteiger charge is 2.37. The van der Waals surface area contributed by atoms with E-state index in [1.54, 1.807) is 6.20 Å². The van der Waals surface area contributed by atoms with Crippen LogP contribution in [0.4, 0.5) is 0 Å². The van der Waals surface area contributed by atoms with Gasteiger partial charge in [-0.25, -0.2) is 4.99 Å². The van der Waals surface area contributed by atoms with Crippen LogP contribution in [0.1, 0.15) is 37.8 Å². The first-order valence-electron chi connectivity index (χ1n) is 10.3. The molecule has 5 nitrogen and oxygen atoms in total. The fourth-order valence-corrected chi connectivity index (χ4v) is 4.01. The van der Waals surface area contributed by atoms with E-state index in [0.29, 0.717) is 18.4 Å². The largest absolute Gasteiger partial charge is 0.489 e. The Morgan fingerprint density at radius 2 is 1.90 bits per heavy atom. The van der Waals surface area contributed by atoms with E-state index in [9.17, 15) is 0 Å². The van der Waals surface area contributed by atoms with Crippen LogP contribution in [0.3, 0.4) is 0 Å². The van der Waals surface area contributed by atoms with Gasteiger partial charge in [0, 0.05) is 18.0 Å². The van der Waals surface area contributed by atoms with E-state index in [1.807, 2.05) is 36.5 Å². The number of hydrogen-bond donors (Lipinski definition) is 2. The summed E-state index contributed by atoms with van der Waals surface area (Å²) < 4.78 is 6.03. The first-order chi connectivity index (χ1) is 14.2. The molecular formula is C24H28N4O. The highest BCUT2D eigenvalue weighted by atomic mass is 16.5. The Bertz CT molecular complexity index is 944. The number of fused-ring (bicyclic) bond motifs is 1. The summed E-state index contributed by atoms with van der Waals surface area (Å²) in [5.74, 6) is 1.88. The van der Waals surface area contributed by atoms with Crippen LogP contribution in [-0.2, 0) is 6.61 Å². The van der Waals surface area contributed by atoms with Crippen molar-refractivity contribution >= 4 is 11.5 Å². The van der Waals surface area contributed by atoms with E-state index in [0.717, 1.165) is 41.1 Å². The number of hydrogen-bond acceptors (Lipinski definition) is 5. The summed E-state index contributed by atoms with van der Waals surface area (Å²) in [5, 5.41) is 3.72. The molecule has 1 atom stereocenters. The molecule has 2 aliphatic rings. The highest BCUT2D eigenvalue weighted by molar-refractivity contribution is 6.05. The third kappa shape index (κ3) is 3.86. The number of benzene rings is 2. The van der Waals surface area contributed by atoms with Crippen molar-refractivity contribution in [3.63, 3.8) is 0 Å². The minimum absolute atomic E-state index is 0.175. The number of ether oxygens (including phenoxy) is 1. The number of aliphatic imine (C=N–C) groups is 1. The topological polar surface area (TPSA) is 62.9 Å². The van der Waals surface area contributed by atoms with Gasteiger partial charge in [0.2, 0.25) is 0 Å². The molecule has 0 aliphatic carbocycles. The maximum Gasteiger partial charge on any atom is 0.149 e. The van der Waals surface area contributed by atoms with Gasteiger partial charge in [-0.15, -0.1) is 0 Å². The molecule has 150 valence electrons. The molecule has 0 amide bonds. The molecule has 0 radical (unpaired) electrons. The van der Waals surface area contributed by atoms with E-state index in [2.05, 4.69) is 53.3 Å². The lowest BCUT2D eigenvalue weighted by Crippen LogP contribution is -2.42. The summed E-state index contributed by atoms with van der Waals surface area (Å²) in [6, 6.07) is 18.3. The van der Waals surface area contributed by atoms with Crippen LogP contribution in [0.2, 0.25) is 0 Å². The second-order valence-corrected chi connectivity index (χ2v) is 7.41. The van der Waals surface area contributed by atoms with Crippen molar-refractivity contribution in [1.29, 1.82) is 0 Å². The quantitative estimate of drug-likeness (QED) is 0.736. The lowest BCUT2D eigenvalue weighted by Gasteiger charge is -2.32. The zero-order chi connectivity index (χ0) is 20.2. The molecule has 2 aromatic carbocycles. The van der Waals surface area contributed by atoms with Gasteiger partial charge in [-0.3, -0.25) is 0 Å². The summed E-state index contributed by atoms with van der Waals surface area (Å²) in [6.07, 6.45) is 6.16. The third-order valence-electron chi connectivity index (χ3n) is 5.64. The van der Waals surface area contributed by atoms with Crippen LogP contribution in [0.5, 0.6) is 5.75 Å². The van der Waals surface area contributed by atoms with Crippen molar-refractivity contribution < 1.29 is 4.74 Å². The predicted octanol–water partition coefficient (Wildman–Crippen LogP) is 4.44. The number of amidine groups is 1. The lowest BCUT2D eigenvalue weighted by molar-refractivity contribution is 0.235. The molecule has 0 spiro atoms. The average Bonchev–Trinajstić information content (AvgIpc) is 3.15. The van der Waals surface area contributed by atoms with Crippen molar-refractivity contribution in [2.75, 3.05) is 0 Å². The molecule has 0 aromatic heterocycles. The van der Waals surface area contributed by atoms with Gasteiger partial charge < -0.3 is 20.7 Å². The van der Waals surface area contributed by atoms with Crippen molar-refractivity contribution in [3.8, 4) is 5.75 Å². The van der Waals surface area contributed by atoms with E-state index < -0.39 is 0 Å². The Balaban J connectivity index is 1.62. The van der Waals surface area contributed by atoms with E-state index >= 15 is 0 Å². The van der Waals surface area contributed by atoms with Gasteiger partial charge in [-0.05, 0) is 36.5 Å². The molecule has 2 heterocycles. The normalized spacial score (nSPS) is 18.0. The maximum atomic E-state index is 6.29. The Morgan fingerprint density at radius 1 is 1.10 bits per heavy atom. The fraction of sp³-hybridized carbons (Fsp3) is 0.292. The number of nitrogens with two attached hydrogens (primary N) is 1. The Kier molecular flexibility index (Phi) is 5.56. The van der Waals surface area contributed by atoms with E-state index in [1.165, 1.54) is 0 Å². The zero-order valence-electron chi connectivity index (χ0n) is 17.0. The number of nitrogens with one attached hydrogen (secondary N) is 1. The predicted molar refractivity (Wildman–Crippen MR) is 118 cm³/mol. The van der Waals surface area contributed by atoms with Crippen LogP contribution in [0.15, 0.2) is 77.7 Å². The molecule has 1 unspecified atom stereocenters. The minimum Gasteiger partial charge on any atom is -0.489 e. The van der Waals surface area contributed by atoms with Crippen LogP contribution in [-0.4, -0.2) is 16.9 Å². The Labute approximate surface area is 172 Å². The molecule has 5 heteroatoms. The van der Waals surface area contributed by atoms with Crippen molar-refractivity contribution in [1.82, 2.24) is 10.2 Å². The molecule has 3 N–H and O–H groups in total. The van der Waals surface area contributed by atoms with Gasteiger partial charge in [0.1, 0.15) is 30.1 Å². The molecule has 29 heavy (non-hydrogen) atoms. The average molecular weight is 389 g/mol. The summed E-state index contributed by atoms with van der Waals surface area (Å²) in [6.45, 7) is 5.01. The number of rotatable bonds is 7. The fourth-order valence-electron chi connectivity index (χ4n) is 4.01. The molecule has 0 fully saturated rings. The molecule has 4 rings (SSSR count). The Hall–Kier alpha value is -3.21. The lowest BCUT2D eigenvalue weighted by atomic mass is 9.99. The molecule has 0 bridgehead atoms.